The Balaban J connectivity index is 2.52. The van der Waals surface area contributed by atoms with Gasteiger partial charge >= 0.3 is 0 Å². The van der Waals surface area contributed by atoms with Crippen LogP contribution in [0, 0.1) is 6.92 Å². The Labute approximate surface area is 120 Å². The molecule has 1 amide bonds. The number of rotatable bonds is 6. The average Bonchev–Trinajstić information content (AvgIpc) is 2.29. The van der Waals surface area contributed by atoms with Crippen molar-refractivity contribution >= 4 is 21.4 Å². The monoisotopic (exact) mass is 298 g/mol. The lowest BCUT2D eigenvalue weighted by Gasteiger charge is -2.19. The minimum absolute atomic E-state index is 0.00908. The van der Waals surface area contributed by atoms with Gasteiger partial charge in [-0.25, -0.2) is 8.42 Å². The molecule has 0 aromatic heterocycles. The number of amides is 1. The Kier molecular flexibility index (Phi) is 5.71. The van der Waals surface area contributed by atoms with Crippen molar-refractivity contribution in [1.82, 2.24) is 5.32 Å². The molecule has 0 saturated carbocycles. The molecular formula is C14H22N2O3S. The Morgan fingerprint density at radius 2 is 1.75 bits per heavy atom. The van der Waals surface area contributed by atoms with Gasteiger partial charge in [-0.1, -0.05) is 17.7 Å². The second kappa shape index (κ2) is 6.85. The van der Waals surface area contributed by atoms with Crippen LogP contribution in [0.5, 0.6) is 0 Å². The lowest BCUT2D eigenvalue weighted by molar-refractivity contribution is -0.117. The van der Waals surface area contributed by atoms with Crippen LogP contribution in [-0.2, 0) is 14.6 Å². The third-order valence-corrected chi connectivity index (χ3v) is 3.91. The number of hydrogen-bond acceptors (Lipinski definition) is 4. The summed E-state index contributed by atoms with van der Waals surface area (Å²) in [7, 11) is -3.05. The van der Waals surface area contributed by atoms with Gasteiger partial charge in [-0.3, -0.25) is 4.79 Å². The van der Waals surface area contributed by atoms with Gasteiger partial charge in [-0.2, -0.15) is 0 Å². The summed E-state index contributed by atoms with van der Waals surface area (Å²) in [6.45, 7) is 5.43. The zero-order valence-corrected chi connectivity index (χ0v) is 13.1. The summed E-state index contributed by atoms with van der Waals surface area (Å²) in [5.41, 5.74) is 1.85. The van der Waals surface area contributed by atoms with Crippen molar-refractivity contribution in [3.05, 3.63) is 29.8 Å². The first-order valence-electron chi connectivity index (χ1n) is 6.48. The molecule has 1 aromatic rings. The Hall–Kier alpha value is -1.40. The Bertz CT molecular complexity index is 552. The fourth-order valence-corrected chi connectivity index (χ4v) is 2.90. The normalized spacial score (nSPS) is 14.6. The van der Waals surface area contributed by atoms with E-state index in [0.717, 1.165) is 11.3 Å². The van der Waals surface area contributed by atoms with Crippen LogP contribution in [0.2, 0.25) is 0 Å². The first-order valence-corrected chi connectivity index (χ1v) is 8.55. The molecule has 0 radical (unpaired) electrons. The molecule has 0 aliphatic heterocycles. The van der Waals surface area contributed by atoms with Gasteiger partial charge in [0.25, 0.3) is 0 Å². The summed E-state index contributed by atoms with van der Waals surface area (Å²) in [6.07, 6.45) is 1.18. The van der Waals surface area contributed by atoms with Gasteiger partial charge in [0, 0.05) is 18.0 Å². The van der Waals surface area contributed by atoms with Crippen LogP contribution in [0.15, 0.2) is 24.3 Å². The second-order valence-electron chi connectivity index (χ2n) is 5.24. The number of carbonyl (C=O) groups is 1. The molecule has 0 fully saturated rings. The van der Waals surface area contributed by atoms with Crippen LogP contribution in [0.4, 0.5) is 5.69 Å². The fraction of sp³-hybridized carbons (Fsp3) is 0.500. The molecule has 112 valence electrons. The van der Waals surface area contributed by atoms with E-state index in [4.69, 9.17) is 0 Å². The quantitative estimate of drug-likeness (QED) is 0.831. The van der Waals surface area contributed by atoms with Crippen molar-refractivity contribution in [1.29, 1.82) is 0 Å². The van der Waals surface area contributed by atoms with Crippen molar-refractivity contribution in [3.63, 3.8) is 0 Å². The molecule has 0 heterocycles. The standard InChI is InChI=1S/C14H22N2O3S/c1-10-5-7-13(8-6-10)16-14(17)12(3)15-11(2)9-20(4,18)19/h5-8,11-12,15H,9H2,1-4H3,(H,16,17). The highest BCUT2D eigenvalue weighted by Crippen LogP contribution is 2.09. The minimum atomic E-state index is -3.05. The summed E-state index contributed by atoms with van der Waals surface area (Å²) in [6, 6.07) is 6.76. The molecule has 20 heavy (non-hydrogen) atoms. The first kappa shape index (κ1) is 16.7. The van der Waals surface area contributed by atoms with Crippen molar-refractivity contribution in [2.45, 2.75) is 32.9 Å². The van der Waals surface area contributed by atoms with Crippen LogP contribution >= 0.6 is 0 Å². The average molecular weight is 298 g/mol. The van der Waals surface area contributed by atoms with E-state index in [0.29, 0.717) is 0 Å². The minimum Gasteiger partial charge on any atom is -0.325 e. The van der Waals surface area contributed by atoms with Crippen molar-refractivity contribution in [2.75, 3.05) is 17.3 Å². The summed E-state index contributed by atoms with van der Waals surface area (Å²) >= 11 is 0. The van der Waals surface area contributed by atoms with Crippen LogP contribution in [-0.4, -0.2) is 38.4 Å². The van der Waals surface area contributed by atoms with Crippen molar-refractivity contribution in [2.24, 2.45) is 0 Å². The van der Waals surface area contributed by atoms with Gasteiger partial charge < -0.3 is 10.6 Å². The van der Waals surface area contributed by atoms with E-state index in [1.807, 2.05) is 31.2 Å². The lowest BCUT2D eigenvalue weighted by Crippen LogP contribution is -2.45. The van der Waals surface area contributed by atoms with E-state index in [9.17, 15) is 13.2 Å². The molecule has 0 aliphatic rings. The third kappa shape index (κ3) is 6.16. The lowest BCUT2D eigenvalue weighted by atomic mass is 10.2. The maximum atomic E-state index is 12.0. The summed E-state index contributed by atoms with van der Waals surface area (Å²) in [5.74, 6) is -0.177. The molecule has 0 saturated heterocycles. The molecule has 0 aliphatic carbocycles. The van der Waals surface area contributed by atoms with Crippen LogP contribution in [0.3, 0.4) is 0 Å². The van der Waals surface area contributed by atoms with Gasteiger partial charge in [0.15, 0.2) is 0 Å². The van der Waals surface area contributed by atoms with E-state index >= 15 is 0 Å². The maximum Gasteiger partial charge on any atom is 0.241 e. The van der Waals surface area contributed by atoms with Crippen LogP contribution in [0.25, 0.3) is 0 Å². The summed E-state index contributed by atoms with van der Waals surface area (Å²) < 4.78 is 22.4. The third-order valence-electron chi connectivity index (χ3n) is 2.80. The highest BCUT2D eigenvalue weighted by molar-refractivity contribution is 7.90. The number of carbonyl (C=O) groups excluding carboxylic acids is 1. The largest absolute Gasteiger partial charge is 0.325 e. The number of aryl methyl sites for hydroxylation is 1. The van der Waals surface area contributed by atoms with E-state index in [1.165, 1.54) is 6.26 Å². The number of benzene rings is 1. The molecule has 2 atom stereocenters. The summed E-state index contributed by atoms with van der Waals surface area (Å²) in [5, 5.41) is 5.76. The van der Waals surface area contributed by atoms with E-state index in [-0.39, 0.29) is 17.7 Å². The topological polar surface area (TPSA) is 75.3 Å². The van der Waals surface area contributed by atoms with Gasteiger partial charge in [0.05, 0.1) is 11.8 Å². The van der Waals surface area contributed by atoms with Crippen LogP contribution in [0.1, 0.15) is 19.4 Å². The zero-order valence-electron chi connectivity index (χ0n) is 12.3. The molecule has 1 aromatic carbocycles. The first-order chi connectivity index (χ1) is 9.17. The second-order valence-corrected chi connectivity index (χ2v) is 7.42. The molecule has 5 nitrogen and oxygen atoms in total. The van der Waals surface area contributed by atoms with E-state index < -0.39 is 15.9 Å². The van der Waals surface area contributed by atoms with Gasteiger partial charge in [0.1, 0.15) is 9.84 Å². The summed E-state index contributed by atoms with van der Waals surface area (Å²) in [4.78, 5) is 12.0. The van der Waals surface area contributed by atoms with Gasteiger partial charge in [-0.15, -0.1) is 0 Å². The molecule has 2 N–H and O–H groups in total. The molecule has 0 bridgehead atoms. The Morgan fingerprint density at radius 1 is 1.20 bits per heavy atom. The number of nitrogens with one attached hydrogen (secondary N) is 2. The number of anilines is 1. The predicted molar refractivity (Wildman–Crippen MR) is 81.6 cm³/mol. The van der Waals surface area contributed by atoms with Crippen molar-refractivity contribution < 1.29 is 13.2 Å². The van der Waals surface area contributed by atoms with Crippen LogP contribution < -0.4 is 10.6 Å². The van der Waals surface area contributed by atoms with Crippen molar-refractivity contribution in [3.8, 4) is 0 Å². The fourth-order valence-electron chi connectivity index (χ4n) is 1.89. The predicted octanol–water partition coefficient (Wildman–Crippen LogP) is 1.34. The van der Waals surface area contributed by atoms with E-state index in [1.54, 1.807) is 13.8 Å². The molecule has 6 heteroatoms. The van der Waals surface area contributed by atoms with Gasteiger partial charge in [0.2, 0.25) is 5.91 Å². The molecule has 1 rings (SSSR count). The molecule has 2 unspecified atom stereocenters. The molecular weight excluding hydrogens is 276 g/mol. The highest BCUT2D eigenvalue weighted by Gasteiger charge is 2.18. The Morgan fingerprint density at radius 3 is 2.25 bits per heavy atom. The highest BCUT2D eigenvalue weighted by atomic mass is 32.2. The number of sulfone groups is 1. The smallest absolute Gasteiger partial charge is 0.241 e. The van der Waals surface area contributed by atoms with E-state index in [2.05, 4.69) is 10.6 Å². The number of hydrogen-bond donors (Lipinski definition) is 2. The zero-order chi connectivity index (χ0) is 15.3. The SMILES string of the molecule is Cc1ccc(NC(=O)C(C)NC(C)CS(C)(=O)=O)cc1. The molecule has 0 spiro atoms. The van der Waals surface area contributed by atoms with Gasteiger partial charge in [-0.05, 0) is 32.9 Å². The maximum absolute atomic E-state index is 12.0.